The number of rotatable bonds is 7. The van der Waals surface area contributed by atoms with E-state index in [1.807, 2.05) is 0 Å². The molecule has 0 atom stereocenters. The fraction of sp³-hybridized carbons (Fsp3) is 0.615. The summed E-state index contributed by atoms with van der Waals surface area (Å²) in [6, 6.07) is 3.06. The lowest BCUT2D eigenvalue weighted by Crippen LogP contribution is -2.32. The number of anilines is 1. The maximum absolute atomic E-state index is 10.5. The van der Waals surface area contributed by atoms with Crippen molar-refractivity contribution in [1.82, 2.24) is 10.3 Å². The Morgan fingerprint density at radius 2 is 2.25 bits per heavy atom. The second kappa shape index (κ2) is 7.76. The molecule has 110 valence electrons. The molecule has 1 saturated heterocycles. The average molecular weight is 280 g/mol. The van der Waals surface area contributed by atoms with Crippen LogP contribution in [0.25, 0.3) is 0 Å². The van der Waals surface area contributed by atoms with Gasteiger partial charge in [-0.15, -0.1) is 0 Å². The average Bonchev–Trinajstić information content (AvgIpc) is 2.48. The molecule has 0 aliphatic carbocycles. The van der Waals surface area contributed by atoms with Crippen LogP contribution in [0.1, 0.15) is 19.3 Å². The van der Waals surface area contributed by atoms with Crippen molar-refractivity contribution in [3.05, 3.63) is 28.4 Å². The zero-order chi connectivity index (χ0) is 14.2. The van der Waals surface area contributed by atoms with Crippen molar-refractivity contribution < 1.29 is 9.66 Å². The maximum atomic E-state index is 10.5. The van der Waals surface area contributed by atoms with Crippen molar-refractivity contribution >= 4 is 11.5 Å². The summed E-state index contributed by atoms with van der Waals surface area (Å²) in [6.07, 6.45) is 4.69. The summed E-state index contributed by atoms with van der Waals surface area (Å²) in [5.41, 5.74) is 0.00444. The van der Waals surface area contributed by atoms with Crippen molar-refractivity contribution in [3.63, 3.8) is 0 Å². The van der Waals surface area contributed by atoms with Gasteiger partial charge in [-0.2, -0.15) is 0 Å². The summed E-state index contributed by atoms with van der Waals surface area (Å²) in [6.45, 7) is 3.55. The highest BCUT2D eigenvalue weighted by atomic mass is 16.6. The molecule has 7 nitrogen and oxygen atoms in total. The van der Waals surface area contributed by atoms with Crippen LogP contribution in [-0.2, 0) is 4.74 Å². The number of pyridine rings is 1. The van der Waals surface area contributed by atoms with E-state index in [9.17, 15) is 10.1 Å². The molecule has 1 aliphatic rings. The molecule has 2 heterocycles. The molecule has 1 fully saturated rings. The van der Waals surface area contributed by atoms with Crippen molar-refractivity contribution in [2.75, 3.05) is 31.6 Å². The van der Waals surface area contributed by atoms with Gasteiger partial charge >= 0.3 is 0 Å². The monoisotopic (exact) mass is 280 g/mol. The maximum Gasteiger partial charge on any atom is 0.287 e. The van der Waals surface area contributed by atoms with Crippen molar-refractivity contribution in [3.8, 4) is 0 Å². The van der Waals surface area contributed by atoms with Crippen molar-refractivity contribution in [2.24, 2.45) is 0 Å². The number of nitro groups is 1. The lowest BCUT2D eigenvalue weighted by molar-refractivity contribution is -0.385. The normalized spacial score (nSPS) is 16.0. The zero-order valence-electron chi connectivity index (χ0n) is 11.4. The molecular formula is C13H20N4O3. The van der Waals surface area contributed by atoms with Gasteiger partial charge in [0.15, 0.2) is 0 Å². The third-order valence-corrected chi connectivity index (χ3v) is 3.23. The minimum Gasteiger partial charge on any atom is -0.378 e. The van der Waals surface area contributed by atoms with Crippen molar-refractivity contribution in [1.29, 1.82) is 0 Å². The predicted octanol–water partition coefficient (Wildman–Crippen LogP) is 1.56. The summed E-state index contributed by atoms with van der Waals surface area (Å²) in [5.74, 6) is 0.650. The molecule has 2 N–H and O–H groups in total. The van der Waals surface area contributed by atoms with Crippen LogP contribution in [0.15, 0.2) is 18.3 Å². The topological polar surface area (TPSA) is 89.3 Å². The molecule has 1 aromatic rings. The molecule has 0 bridgehead atoms. The van der Waals surface area contributed by atoms with E-state index in [2.05, 4.69) is 15.6 Å². The van der Waals surface area contributed by atoms with Crippen LogP contribution in [0.5, 0.6) is 0 Å². The second-order valence-electron chi connectivity index (χ2n) is 4.76. The van der Waals surface area contributed by atoms with Crippen LogP contribution < -0.4 is 10.6 Å². The van der Waals surface area contributed by atoms with Gasteiger partial charge in [-0.05, 0) is 38.4 Å². The smallest absolute Gasteiger partial charge is 0.287 e. The first-order chi connectivity index (χ1) is 9.75. The Hall–Kier alpha value is -1.73. The number of hydrogen-bond donors (Lipinski definition) is 2. The van der Waals surface area contributed by atoms with E-state index in [4.69, 9.17) is 4.74 Å². The molecule has 0 unspecified atom stereocenters. The summed E-state index contributed by atoms with van der Waals surface area (Å²) in [5, 5.41) is 16.9. The molecule has 0 radical (unpaired) electrons. The number of ether oxygens (including phenoxy) is 1. The Kier molecular flexibility index (Phi) is 5.69. The van der Waals surface area contributed by atoms with Crippen LogP contribution >= 0.6 is 0 Å². The molecule has 1 aromatic heterocycles. The minimum absolute atomic E-state index is 0.00444. The number of hydrogen-bond acceptors (Lipinski definition) is 6. The molecule has 0 aromatic carbocycles. The van der Waals surface area contributed by atoms with Crippen LogP contribution in [0.4, 0.5) is 11.5 Å². The van der Waals surface area contributed by atoms with E-state index in [-0.39, 0.29) is 5.69 Å². The largest absolute Gasteiger partial charge is 0.378 e. The van der Waals surface area contributed by atoms with E-state index in [1.54, 1.807) is 6.07 Å². The van der Waals surface area contributed by atoms with E-state index >= 15 is 0 Å². The molecule has 7 heteroatoms. The number of piperidine rings is 1. The second-order valence-corrected chi connectivity index (χ2v) is 4.76. The molecular weight excluding hydrogens is 260 g/mol. The van der Waals surface area contributed by atoms with Gasteiger partial charge in [-0.3, -0.25) is 10.1 Å². The highest BCUT2D eigenvalue weighted by Gasteiger charge is 2.12. The number of aromatic nitrogens is 1. The third kappa shape index (κ3) is 4.75. The first kappa shape index (κ1) is 14.7. The molecule has 1 aliphatic heterocycles. The van der Waals surface area contributed by atoms with Gasteiger partial charge in [0.05, 0.1) is 11.0 Å². The fourth-order valence-corrected chi connectivity index (χ4v) is 2.10. The first-order valence-corrected chi connectivity index (χ1v) is 6.92. The van der Waals surface area contributed by atoms with Crippen LogP contribution in [0.3, 0.4) is 0 Å². The zero-order valence-corrected chi connectivity index (χ0v) is 11.4. The van der Waals surface area contributed by atoms with E-state index in [1.165, 1.54) is 12.3 Å². The lowest BCUT2D eigenvalue weighted by Gasteiger charge is -2.22. The van der Waals surface area contributed by atoms with Gasteiger partial charge in [-0.25, -0.2) is 4.98 Å². The van der Waals surface area contributed by atoms with Gasteiger partial charge in [0.1, 0.15) is 12.0 Å². The summed E-state index contributed by atoms with van der Waals surface area (Å²) >= 11 is 0. The Morgan fingerprint density at radius 3 is 2.90 bits per heavy atom. The van der Waals surface area contributed by atoms with Crippen LogP contribution in [0.2, 0.25) is 0 Å². The molecule has 0 saturated carbocycles. The quantitative estimate of drug-likeness (QED) is 0.447. The van der Waals surface area contributed by atoms with E-state index < -0.39 is 4.92 Å². The third-order valence-electron chi connectivity index (χ3n) is 3.23. The van der Waals surface area contributed by atoms with Gasteiger partial charge in [-0.1, -0.05) is 0 Å². The van der Waals surface area contributed by atoms with Crippen LogP contribution in [-0.4, -0.2) is 42.3 Å². The Labute approximate surface area is 117 Å². The standard InChI is InChI=1S/C13H20N4O3/c18-17(19)11-2-3-13(16-10-11)15-6-1-9-20-12-4-7-14-8-5-12/h2-3,10,12,14H,1,4-9H2,(H,15,16). The summed E-state index contributed by atoms with van der Waals surface area (Å²) in [7, 11) is 0. The first-order valence-electron chi connectivity index (χ1n) is 6.92. The van der Waals surface area contributed by atoms with Gasteiger partial charge in [0.25, 0.3) is 5.69 Å². The molecule has 20 heavy (non-hydrogen) atoms. The Balaban J connectivity index is 1.59. The van der Waals surface area contributed by atoms with Gasteiger partial charge < -0.3 is 15.4 Å². The van der Waals surface area contributed by atoms with E-state index in [0.29, 0.717) is 11.9 Å². The van der Waals surface area contributed by atoms with Gasteiger partial charge in [0.2, 0.25) is 0 Å². The fourth-order valence-electron chi connectivity index (χ4n) is 2.10. The highest BCUT2D eigenvalue weighted by Crippen LogP contribution is 2.12. The highest BCUT2D eigenvalue weighted by molar-refractivity contribution is 5.39. The predicted molar refractivity (Wildman–Crippen MR) is 75.8 cm³/mol. The Morgan fingerprint density at radius 1 is 1.45 bits per heavy atom. The van der Waals surface area contributed by atoms with Gasteiger partial charge in [0, 0.05) is 19.2 Å². The molecule has 0 spiro atoms. The van der Waals surface area contributed by atoms with Crippen molar-refractivity contribution in [2.45, 2.75) is 25.4 Å². The summed E-state index contributed by atoms with van der Waals surface area (Å²) < 4.78 is 5.78. The van der Waals surface area contributed by atoms with E-state index in [0.717, 1.165) is 45.5 Å². The lowest BCUT2D eigenvalue weighted by atomic mass is 10.1. The van der Waals surface area contributed by atoms with Crippen LogP contribution in [0, 0.1) is 10.1 Å². The minimum atomic E-state index is -0.455. The number of nitrogens with zero attached hydrogens (tertiary/aromatic N) is 2. The molecule has 2 rings (SSSR count). The molecule has 0 amide bonds. The number of nitrogens with one attached hydrogen (secondary N) is 2. The SMILES string of the molecule is O=[N+]([O-])c1ccc(NCCCOC2CCNCC2)nc1. The summed E-state index contributed by atoms with van der Waals surface area (Å²) in [4.78, 5) is 14.0. The Bertz CT molecular complexity index is 418.